The summed E-state index contributed by atoms with van der Waals surface area (Å²) >= 11 is 20.9. The minimum Gasteiger partial charge on any atom is -0.482 e. The average Bonchev–Trinajstić information content (AvgIpc) is 2.44. The van der Waals surface area contributed by atoms with Gasteiger partial charge in [0.15, 0.2) is 6.61 Å². The van der Waals surface area contributed by atoms with Gasteiger partial charge in [0.25, 0.3) is 5.91 Å². The van der Waals surface area contributed by atoms with Crippen molar-refractivity contribution in [3.8, 4) is 5.75 Å². The Bertz CT molecular complexity index is 665. The van der Waals surface area contributed by atoms with Crippen molar-refractivity contribution < 1.29 is 9.53 Å². The minimum atomic E-state index is -0.369. The largest absolute Gasteiger partial charge is 0.482 e. The molecule has 0 aliphatic carbocycles. The van der Waals surface area contributed by atoms with Crippen LogP contribution in [0.1, 0.15) is 0 Å². The van der Waals surface area contributed by atoms with Crippen LogP contribution >= 0.6 is 50.7 Å². The van der Waals surface area contributed by atoms with Crippen molar-refractivity contribution in [1.82, 2.24) is 4.98 Å². The molecule has 0 aliphatic rings. The van der Waals surface area contributed by atoms with E-state index in [-0.39, 0.29) is 23.3 Å². The first-order valence-electron chi connectivity index (χ1n) is 5.64. The fraction of sp³-hybridized carbons (Fsp3) is 0.0769. The summed E-state index contributed by atoms with van der Waals surface area (Å²) in [7, 11) is 0. The highest BCUT2D eigenvalue weighted by Gasteiger charge is 2.10. The maximum absolute atomic E-state index is 11.7. The third-order valence-electron chi connectivity index (χ3n) is 2.33. The number of carbonyl (C=O) groups is 1. The van der Waals surface area contributed by atoms with E-state index in [1.54, 1.807) is 18.3 Å². The van der Waals surface area contributed by atoms with Crippen LogP contribution in [0.4, 0.5) is 5.82 Å². The van der Waals surface area contributed by atoms with E-state index >= 15 is 0 Å². The first kappa shape index (κ1) is 16.4. The summed E-state index contributed by atoms with van der Waals surface area (Å²) in [5.74, 6) is 0.337. The monoisotopic (exact) mass is 408 g/mol. The Labute approximate surface area is 144 Å². The molecule has 0 fully saturated rings. The zero-order chi connectivity index (χ0) is 15.4. The van der Waals surface area contributed by atoms with Crippen molar-refractivity contribution in [2.24, 2.45) is 0 Å². The maximum Gasteiger partial charge on any atom is 0.263 e. The fourth-order valence-corrected chi connectivity index (χ4v) is 2.21. The van der Waals surface area contributed by atoms with Gasteiger partial charge in [0, 0.05) is 16.7 Å². The van der Waals surface area contributed by atoms with Gasteiger partial charge in [-0.15, -0.1) is 0 Å². The van der Waals surface area contributed by atoms with Crippen molar-refractivity contribution in [2.45, 2.75) is 0 Å². The number of halogens is 4. The molecule has 1 aromatic heterocycles. The number of nitrogens with one attached hydrogen (secondary N) is 1. The van der Waals surface area contributed by atoms with Gasteiger partial charge in [-0.1, -0.05) is 34.8 Å². The van der Waals surface area contributed by atoms with E-state index in [1.165, 1.54) is 12.1 Å². The van der Waals surface area contributed by atoms with Gasteiger partial charge in [-0.3, -0.25) is 4.79 Å². The molecular weight excluding hydrogens is 402 g/mol. The predicted octanol–water partition coefficient (Wildman–Crippen LogP) is 4.82. The number of amides is 1. The smallest absolute Gasteiger partial charge is 0.263 e. The topological polar surface area (TPSA) is 51.2 Å². The Balaban J connectivity index is 1.95. The lowest BCUT2D eigenvalue weighted by molar-refractivity contribution is -0.118. The fourth-order valence-electron chi connectivity index (χ4n) is 1.39. The number of pyridine rings is 1. The van der Waals surface area contributed by atoms with Gasteiger partial charge in [0.1, 0.15) is 11.6 Å². The zero-order valence-corrected chi connectivity index (χ0v) is 14.2. The van der Waals surface area contributed by atoms with Crippen LogP contribution in [0.3, 0.4) is 0 Å². The molecule has 0 bridgehead atoms. The van der Waals surface area contributed by atoms with Gasteiger partial charge in [0.2, 0.25) is 0 Å². The summed E-state index contributed by atoms with van der Waals surface area (Å²) in [6.07, 6.45) is 1.58. The van der Waals surface area contributed by atoms with Gasteiger partial charge in [-0.05, 0) is 34.1 Å². The van der Waals surface area contributed by atoms with Crippen LogP contribution in [-0.2, 0) is 4.79 Å². The van der Waals surface area contributed by atoms with Crippen molar-refractivity contribution >= 4 is 62.5 Å². The van der Waals surface area contributed by atoms with Crippen LogP contribution < -0.4 is 10.1 Å². The molecule has 0 radical (unpaired) electrons. The Morgan fingerprint density at radius 3 is 2.57 bits per heavy atom. The van der Waals surface area contributed by atoms with E-state index in [4.69, 9.17) is 39.5 Å². The Morgan fingerprint density at radius 1 is 1.19 bits per heavy atom. The molecule has 110 valence electrons. The molecule has 0 aliphatic heterocycles. The summed E-state index contributed by atoms with van der Waals surface area (Å²) in [6, 6.07) is 6.33. The standard InChI is InChI=1S/C13H8BrCl3N2O2/c14-7-1-2-12(18-5-7)19-13(20)6-21-11-4-9(16)8(15)3-10(11)17/h1-5H,6H2,(H,18,19,20). The molecule has 0 saturated heterocycles. The number of anilines is 1. The third kappa shape index (κ3) is 4.74. The number of ether oxygens (including phenoxy) is 1. The van der Waals surface area contributed by atoms with Gasteiger partial charge in [0.05, 0.1) is 15.1 Å². The predicted molar refractivity (Wildman–Crippen MR) is 87.5 cm³/mol. The second-order valence-corrected chi connectivity index (χ2v) is 6.03. The number of nitrogens with zero attached hydrogens (tertiary/aromatic N) is 1. The molecule has 0 saturated carbocycles. The molecule has 4 nitrogen and oxygen atoms in total. The highest BCUT2D eigenvalue weighted by atomic mass is 79.9. The third-order valence-corrected chi connectivity index (χ3v) is 3.82. The molecule has 1 heterocycles. The van der Waals surface area contributed by atoms with Crippen molar-refractivity contribution in [2.75, 3.05) is 11.9 Å². The van der Waals surface area contributed by atoms with Crippen LogP contribution in [0.25, 0.3) is 0 Å². The zero-order valence-electron chi connectivity index (χ0n) is 10.4. The average molecular weight is 410 g/mol. The lowest BCUT2D eigenvalue weighted by Gasteiger charge is -2.09. The molecule has 8 heteroatoms. The molecule has 2 rings (SSSR count). The van der Waals surface area contributed by atoms with E-state index in [0.717, 1.165) is 4.47 Å². The lowest BCUT2D eigenvalue weighted by Crippen LogP contribution is -2.20. The number of benzene rings is 1. The van der Waals surface area contributed by atoms with E-state index in [2.05, 4.69) is 26.2 Å². The van der Waals surface area contributed by atoms with Gasteiger partial charge in [-0.2, -0.15) is 0 Å². The summed E-state index contributed by atoms with van der Waals surface area (Å²) in [5, 5.41) is 3.48. The molecular formula is C13H8BrCl3N2O2. The second kappa shape index (κ2) is 7.31. The normalized spacial score (nSPS) is 10.3. The van der Waals surface area contributed by atoms with Crippen LogP contribution in [-0.4, -0.2) is 17.5 Å². The first-order chi connectivity index (χ1) is 9.95. The lowest BCUT2D eigenvalue weighted by atomic mass is 10.3. The molecule has 0 atom stereocenters. The van der Waals surface area contributed by atoms with E-state index in [1.807, 2.05) is 0 Å². The van der Waals surface area contributed by atoms with Crippen LogP contribution in [0.15, 0.2) is 34.9 Å². The minimum absolute atomic E-state index is 0.227. The highest BCUT2D eigenvalue weighted by Crippen LogP contribution is 2.33. The number of rotatable bonds is 4. The SMILES string of the molecule is O=C(COc1cc(Cl)c(Cl)cc1Cl)Nc1ccc(Br)cn1. The summed E-state index contributed by atoms with van der Waals surface area (Å²) < 4.78 is 6.13. The summed E-state index contributed by atoms with van der Waals surface area (Å²) in [5.41, 5.74) is 0. The summed E-state index contributed by atoms with van der Waals surface area (Å²) in [4.78, 5) is 15.8. The molecule has 1 aromatic carbocycles. The quantitative estimate of drug-likeness (QED) is 0.735. The number of hydrogen-bond donors (Lipinski definition) is 1. The van der Waals surface area contributed by atoms with Gasteiger partial charge in [-0.25, -0.2) is 4.98 Å². The second-order valence-electron chi connectivity index (χ2n) is 3.90. The Morgan fingerprint density at radius 2 is 1.90 bits per heavy atom. The number of hydrogen-bond acceptors (Lipinski definition) is 3. The van der Waals surface area contributed by atoms with Crippen LogP contribution in [0, 0.1) is 0 Å². The Kier molecular flexibility index (Phi) is 5.70. The maximum atomic E-state index is 11.7. The first-order valence-corrected chi connectivity index (χ1v) is 7.57. The van der Waals surface area contributed by atoms with Crippen LogP contribution in [0.2, 0.25) is 15.1 Å². The van der Waals surface area contributed by atoms with E-state index in [0.29, 0.717) is 15.9 Å². The van der Waals surface area contributed by atoms with Crippen molar-refractivity contribution in [3.63, 3.8) is 0 Å². The highest BCUT2D eigenvalue weighted by molar-refractivity contribution is 9.10. The van der Waals surface area contributed by atoms with Crippen molar-refractivity contribution in [3.05, 3.63) is 50.0 Å². The van der Waals surface area contributed by atoms with E-state index in [9.17, 15) is 4.79 Å². The summed E-state index contributed by atoms with van der Waals surface area (Å²) in [6.45, 7) is -0.227. The molecule has 1 N–H and O–H groups in total. The molecule has 0 spiro atoms. The van der Waals surface area contributed by atoms with Crippen LogP contribution in [0.5, 0.6) is 5.75 Å². The van der Waals surface area contributed by atoms with E-state index < -0.39 is 0 Å². The van der Waals surface area contributed by atoms with Gasteiger partial charge < -0.3 is 10.1 Å². The van der Waals surface area contributed by atoms with Gasteiger partial charge >= 0.3 is 0 Å². The number of carbonyl (C=O) groups excluding carboxylic acids is 1. The number of aromatic nitrogens is 1. The van der Waals surface area contributed by atoms with Crippen molar-refractivity contribution in [1.29, 1.82) is 0 Å². The molecule has 2 aromatic rings. The molecule has 0 unspecified atom stereocenters. The Hall–Kier alpha value is -1.01. The molecule has 1 amide bonds. The molecule has 21 heavy (non-hydrogen) atoms.